The summed E-state index contributed by atoms with van der Waals surface area (Å²) in [7, 11) is -3.77. The van der Waals surface area contributed by atoms with Crippen LogP contribution in [0.5, 0.6) is 11.5 Å². The van der Waals surface area contributed by atoms with E-state index < -0.39 is 20.6 Å². The van der Waals surface area contributed by atoms with Gasteiger partial charge in [0.15, 0.2) is 0 Å². The molecule has 1 fully saturated rings. The van der Waals surface area contributed by atoms with Crippen LogP contribution in [0.4, 0.5) is 11.4 Å². The average Bonchev–Trinajstić information content (AvgIpc) is 3.18. The lowest BCUT2D eigenvalue weighted by atomic mass is 10.2. The molecule has 0 bridgehead atoms. The lowest BCUT2D eigenvalue weighted by Crippen LogP contribution is -2.27. The Labute approximate surface area is 162 Å². The molecule has 1 aliphatic heterocycles. The second-order valence-electron chi connectivity index (χ2n) is 6.31. The van der Waals surface area contributed by atoms with Gasteiger partial charge in [-0.1, -0.05) is 0 Å². The Kier molecular flexibility index (Phi) is 5.61. The van der Waals surface area contributed by atoms with Crippen molar-refractivity contribution in [2.75, 3.05) is 18.4 Å². The van der Waals surface area contributed by atoms with E-state index in [1.807, 2.05) is 0 Å². The Balaban J connectivity index is 1.87. The topological polar surface area (TPSA) is 119 Å². The molecule has 0 unspecified atom stereocenters. The molecular weight excluding hydrogens is 386 g/mol. The monoisotopic (exact) mass is 405 g/mol. The van der Waals surface area contributed by atoms with Crippen LogP contribution < -0.4 is 10.1 Å². The molecule has 0 spiro atoms. The van der Waals surface area contributed by atoms with Crippen LogP contribution in [0, 0.1) is 10.1 Å². The molecule has 0 saturated carbocycles. The number of rotatable bonds is 6. The standard InChI is InChI=1S/C18H19N3O6S/c1-13(22)19-14-4-6-15(7-5-14)27-18-9-8-16(12-17(18)21(23)24)28(25,26)20-10-2-3-11-20/h4-9,12H,2-3,10-11H2,1H3,(H,19,22). The molecule has 1 amide bonds. The number of nitro benzene ring substituents is 1. The van der Waals surface area contributed by atoms with Gasteiger partial charge in [0.1, 0.15) is 5.75 Å². The minimum Gasteiger partial charge on any atom is -0.450 e. The molecule has 1 N–H and O–H groups in total. The summed E-state index contributed by atoms with van der Waals surface area (Å²) in [6.45, 7) is 2.20. The van der Waals surface area contributed by atoms with Crippen molar-refractivity contribution in [3.8, 4) is 11.5 Å². The summed E-state index contributed by atoms with van der Waals surface area (Å²) in [5.74, 6) is 0.0177. The zero-order valence-electron chi connectivity index (χ0n) is 15.1. The molecule has 1 heterocycles. The van der Waals surface area contributed by atoms with E-state index in [9.17, 15) is 23.3 Å². The molecule has 10 heteroatoms. The third kappa shape index (κ3) is 4.29. The fourth-order valence-corrected chi connectivity index (χ4v) is 4.44. The number of carbonyl (C=O) groups excluding carboxylic acids is 1. The molecule has 1 saturated heterocycles. The number of nitrogens with zero attached hydrogens (tertiary/aromatic N) is 2. The Bertz CT molecular complexity index is 998. The van der Waals surface area contributed by atoms with Crippen molar-refractivity contribution in [2.24, 2.45) is 0 Å². The molecule has 0 atom stereocenters. The maximum absolute atomic E-state index is 12.6. The average molecular weight is 405 g/mol. The van der Waals surface area contributed by atoms with Crippen molar-refractivity contribution < 1.29 is 22.9 Å². The van der Waals surface area contributed by atoms with E-state index in [1.165, 1.54) is 23.4 Å². The number of ether oxygens (including phenoxy) is 1. The third-order valence-corrected chi connectivity index (χ3v) is 6.13. The first-order valence-electron chi connectivity index (χ1n) is 8.61. The van der Waals surface area contributed by atoms with Gasteiger partial charge in [0, 0.05) is 31.8 Å². The fraction of sp³-hybridized carbons (Fsp3) is 0.278. The van der Waals surface area contributed by atoms with Crippen LogP contribution in [0.25, 0.3) is 0 Å². The summed E-state index contributed by atoms with van der Waals surface area (Å²) in [6, 6.07) is 9.89. The summed E-state index contributed by atoms with van der Waals surface area (Å²) in [6.07, 6.45) is 1.55. The smallest absolute Gasteiger partial charge is 0.312 e. The first kappa shape index (κ1) is 19.8. The number of sulfonamides is 1. The molecule has 1 aliphatic rings. The van der Waals surface area contributed by atoms with E-state index in [-0.39, 0.29) is 16.6 Å². The van der Waals surface area contributed by atoms with Crippen molar-refractivity contribution in [3.05, 3.63) is 52.6 Å². The molecule has 148 valence electrons. The first-order valence-corrected chi connectivity index (χ1v) is 10.1. The quantitative estimate of drug-likeness (QED) is 0.582. The van der Waals surface area contributed by atoms with Gasteiger partial charge in [0.2, 0.25) is 21.7 Å². The van der Waals surface area contributed by atoms with E-state index in [0.29, 0.717) is 24.5 Å². The van der Waals surface area contributed by atoms with Gasteiger partial charge in [-0.25, -0.2) is 8.42 Å². The van der Waals surface area contributed by atoms with Crippen LogP contribution in [0.3, 0.4) is 0 Å². The third-order valence-electron chi connectivity index (χ3n) is 4.23. The normalized spacial score (nSPS) is 14.6. The number of carbonyl (C=O) groups is 1. The van der Waals surface area contributed by atoms with E-state index in [2.05, 4.69) is 5.32 Å². The molecule has 0 aromatic heterocycles. The van der Waals surface area contributed by atoms with Gasteiger partial charge in [-0.15, -0.1) is 0 Å². The molecule has 3 rings (SSSR count). The zero-order valence-corrected chi connectivity index (χ0v) is 15.9. The Morgan fingerprint density at radius 3 is 2.36 bits per heavy atom. The Morgan fingerprint density at radius 1 is 1.14 bits per heavy atom. The van der Waals surface area contributed by atoms with Crippen molar-refractivity contribution in [1.82, 2.24) is 4.31 Å². The number of benzene rings is 2. The summed E-state index contributed by atoms with van der Waals surface area (Å²) in [5.41, 5.74) is 0.118. The van der Waals surface area contributed by atoms with Gasteiger partial charge in [-0.3, -0.25) is 14.9 Å². The van der Waals surface area contributed by atoms with Gasteiger partial charge < -0.3 is 10.1 Å². The summed E-state index contributed by atoms with van der Waals surface area (Å²) in [4.78, 5) is 21.7. The van der Waals surface area contributed by atoms with Crippen LogP contribution in [0.15, 0.2) is 47.4 Å². The molecular formula is C18H19N3O6S. The molecule has 28 heavy (non-hydrogen) atoms. The van der Waals surface area contributed by atoms with E-state index in [0.717, 1.165) is 18.9 Å². The molecule has 9 nitrogen and oxygen atoms in total. The van der Waals surface area contributed by atoms with Crippen molar-refractivity contribution in [2.45, 2.75) is 24.7 Å². The summed E-state index contributed by atoms with van der Waals surface area (Å²) in [5, 5.41) is 14.1. The van der Waals surface area contributed by atoms with Crippen molar-refractivity contribution in [3.63, 3.8) is 0 Å². The van der Waals surface area contributed by atoms with Crippen LogP contribution in [-0.4, -0.2) is 36.6 Å². The van der Waals surface area contributed by atoms with Gasteiger partial charge in [-0.05, 0) is 49.2 Å². The zero-order chi connectivity index (χ0) is 20.3. The minimum absolute atomic E-state index is 0.0716. The lowest BCUT2D eigenvalue weighted by molar-refractivity contribution is -0.385. The SMILES string of the molecule is CC(=O)Nc1ccc(Oc2ccc(S(=O)(=O)N3CCCC3)cc2[N+](=O)[O-])cc1. The predicted molar refractivity (Wildman–Crippen MR) is 102 cm³/mol. The Hall–Kier alpha value is -2.98. The van der Waals surface area contributed by atoms with E-state index in [1.54, 1.807) is 24.3 Å². The van der Waals surface area contributed by atoms with Crippen LogP contribution in [0.1, 0.15) is 19.8 Å². The maximum atomic E-state index is 12.6. The number of nitrogens with one attached hydrogen (secondary N) is 1. The van der Waals surface area contributed by atoms with Crippen LogP contribution >= 0.6 is 0 Å². The van der Waals surface area contributed by atoms with Crippen LogP contribution in [0.2, 0.25) is 0 Å². The minimum atomic E-state index is -3.77. The predicted octanol–water partition coefficient (Wildman–Crippen LogP) is 3.13. The van der Waals surface area contributed by atoms with Gasteiger partial charge in [0.05, 0.1) is 9.82 Å². The highest BCUT2D eigenvalue weighted by atomic mass is 32.2. The van der Waals surface area contributed by atoms with Crippen molar-refractivity contribution in [1.29, 1.82) is 0 Å². The van der Waals surface area contributed by atoms with Crippen molar-refractivity contribution >= 4 is 27.3 Å². The number of anilines is 1. The largest absolute Gasteiger partial charge is 0.450 e. The van der Waals surface area contributed by atoms with Gasteiger partial charge in [0.25, 0.3) is 0 Å². The fourth-order valence-electron chi connectivity index (χ4n) is 2.90. The Morgan fingerprint density at radius 2 is 1.79 bits per heavy atom. The molecule has 0 radical (unpaired) electrons. The number of nitro groups is 1. The van der Waals surface area contributed by atoms with E-state index >= 15 is 0 Å². The highest BCUT2D eigenvalue weighted by molar-refractivity contribution is 7.89. The molecule has 2 aromatic rings. The van der Waals surface area contributed by atoms with Gasteiger partial charge >= 0.3 is 5.69 Å². The van der Waals surface area contributed by atoms with Gasteiger partial charge in [-0.2, -0.15) is 4.31 Å². The summed E-state index contributed by atoms with van der Waals surface area (Å²) >= 11 is 0. The lowest BCUT2D eigenvalue weighted by Gasteiger charge is -2.16. The van der Waals surface area contributed by atoms with E-state index in [4.69, 9.17) is 4.74 Å². The maximum Gasteiger partial charge on any atom is 0.312 e. The number of hydrogen-bond acceptors (Lipinski definition) is 6. The summed E-state index contributed by atoms with van der Waals surface area (Å²) < 4.78 is 32.2. The molecule has 0 aliphatic carbocycles. The highest BCUT2D eigenvalue weighted by Crippen LogP contribution is 2.35. The number of hydrogen-bond donors (Lipinski definition) is 1. The second kappa shape index (κ2) is 7.95. The number of amides is 1. The highest BCUT2D eigenvalue weighted by Gasteiger charge is 2.30. The second-order valence-corrected chi connectivity index (χ2v) is 8.24. The molecule has 2 aromatic carbocycles. The first-order chi connectivity index (χ1) is 13.3. The van der Waals surface area contributed by atoms with Crippen LogP contribution in [-0.2, 0) is 14.8 Å².